The zero-order valence-electron chi connectivity index (χ0n) is 25.7. The second-order valence-corrected chi connectivity index (χ2v) is 13.5. The third-order valence-corrected chi connectivity index (χ3v) is 10.7. The van der Waals surface area contributed by atoms with Crippen molar-refractivity contribution in [1.29, 1.82) is 0 Å². The lowest BCUT2D eigenvalue weighted by Gasteiger charge is -2.31. The Morgan fingerprint density at radius 3 is 2.22 bits per heavy atom. The van der Waals surface area contributed by atoms with Gasteiger partial charge in [0.1, 0.15) is 11.8 Å². The monoisotopic (exact) mass is 656 g/mol. The highest BCUT2D eigenvalue weighted by Gasteiger charge is 2.56. The molecule has 3 atom stereocenters. The van der Waals surface area contributed by atoms with Crippen molar-refractivity contribution in [3.8, 4) is 0 Å². The molecule has 6 rings (SSSR count). The number of aryl methyl sites for hydroxylation is 1. The van der Waals surface area contributed by atoms with E-state index in [9.17, 15) is 24.0 Å². The first-order valence-electron chi connectivity index (χ1n) is 14.8. The lowest BCUT2D eigenvalue weighted by atomic mass is 9.83. The van der Waals surface area contributed by atoms with E-state index in [-0.39, 0.29) is 29.8 Å². The van der Waals surface area contributed by atoms with Crippen molar-refractivity contribution in [3.63, 3.8) is 0 Å². The molecule has 1 fully saturated rings. The number of ether oxygens (including phenoxy) is 1. The van der Waals surface area contributed by atoms with Gasteiger partial charge in [0.2, 0.25) is 17.7 Å². The molecule has 3 amide bonds. The van der Waals surface area contributed by atoms with Gasteiger partial charge in [-0.25, -0.2) is 9.69 Å². The zero-order valence-corrected chi connectivity index (χ0v) is 27.3. The second kappa shape index (κ2) is 12.6. The normalized spacial score (nSPS) is 18.6. The average Bonchev–Trinajstić information content (AvgIpc) is 3.48. The molecule has 46 heavy (non-hydrogen) atoms. The summed E-state index contributed by atoms with van der Waals surface area (Å²) in [5.41, 5.74) is 4.07. The first kappa shape index (κ1) is 31.3. The molecule has 1 N–H and O–H groups in total. The molecule has 0 saturated carbocycles. The van der Waals surface area contributed by atoms with Crippen LogP contribution >= 0.6 is 23.1 Å². The third kappa shape index (κ3) is 5.74. The van der Waals surface area contributed by atoms with Gasteiger partial charge in [0.05, 0.1) is 28.8 Å². The number of thioether (sulfide) groups is 1. The number of thiazole rings is 1. The number of anilines is 3. The molecule has 3 heterocycles. The number of hydrogen-bond acceptors (Lipinski definition) is 9. The molecule has 0 radical (unpaired) electrons. The van der Waals surface area contributed by atoms with E-state index >= 15 is 0 Å². The summed E-state index contributed by atoms with van der Waals surface area (Å²) < 4.78 is 6.47. The molecule has 4 aromatic rings. The molecule has 10 nitrogen and oxygen atoms in total. The number of esters is 1. The topological polar surface area (TPSA) is 118 Å². The van der Waals surface area contributed by atoms with Crippen molar-refractivity contribution >= 4 is 63.9 Å². The van der Waals surface area contributed by atoms with Crippen molar-refractivity contribution in [2.24, 2.45) is 5.92 Å². The zero-order chi connectivity index (χ0) is 32.7. The van der Waals surface area contributed by atoms with Gasteiger partial charge in [0.25, 0.3) is 0 Å². The minimum atomic E-state index is -0.830. The maximum Gasteiger partial charge on any atom is 0.338 e. The number of nitrogens with one attached hydrogen (secondary N) is 1. The Kier molecular flexibility index (Phi) is 8.58. The fourth-order valence-electron chi connectivity index (χ4n) is 5.79. The lowest BCUT2D eigenvalue weighted by molar-refractivity contribution is -0.122. The van der Waals surface area contributed by atoms with E-state index in [0.717, 1.165) is 39.9 Å². The Hall–Kier alpha value is -4.68. The van der Waals surface area contributed by atoms with Crippen LogP contribution in [0.25, 0.3) is 0 Å². The van der Waals surface area contributed by atoms with Gasteiger partial charge in [-0.2, -0.15) is 0 Å². The van der Waals surface area contributed by atoms with Crippen LogP contribution < -0.4 is 20.0 Å². The van der Waals surface area contributed by atoms with Crippen molar-refractivity contribution in [2.45, 2.75) is 36.6 Å². The second-order valence-electron chi connectivity index (χ2n) is 11.3. The van der Waals surface area contributed by atoms with Crippen molar-refractivity contribution < 1.29 is 23.9 Å². The molecule has 2 unspecified atom stereocenters. The summed E-state index contributed by atoms with van der Waals surface area (Å²) in [6, 6.07) is 21.3. The Balaban J connectivity index is 1.38. The lowest BCUT2D eigenvalue weighted by Crippen LogP contribution is -2.33. The summed E-state index contributed by atoms with van der Waals surface area (Å²) in [6.07, 6.45) is 0. The quantitative estimate of drug-likeness (QED) is 0.210. The van der Waals surface area contributed by atoms with E-state index in [2.05, 4.69) is 5.32 Å². The number of aromatic nitrogens is 1. The molecule has 2 aliphatic heterocycles. The summed E-state index contributed by atoms with van der Waals surface area (Å²) in [6.45, 7) is 3.65. The van der Waals surface area contributed by atoms with E-state index in [1.54, 1.807) is 31.2 Å². The molecular weight excluding hydrogens is 625 g/mol. The first-order chi connectivity index (χ1) is 22.1. The largest absolute Gasteiger partial charge is 0.462 e. The Morgan fingerprint density at radius 1 is 0.913 bits per heavy atom. The standard InChI is InChI=1S/C34H32N4O6S2/c1-5-44-33(42)21-10-16-24(17-11-21)38-30(40)27-26(20-8-14-23(15-9-20)36(3)4)29-32(45-28(27)31(38)41)37(34(43)46-29)18-25(39)35-22-12-6-19(2)7-13-22/h6-17,26-28H,5,18H2,1-4H3,(H,35,39)/t26-,27?,28?/m1/s1. The third-order valence-electron chi connectivity index (χ3n) is 8.09. The molecule has 1 saturated heterocycles. The van der Waals surface area contributed by atoms with Crippen LogP contribution in [-0.2, 0) is 25.7 Å². The molecule has 0 bridgehead atoms. The number of carbonyl (C=O) groups is 4. The van der Waals surface area contributed by atoms with E-state index < -0.39 is 29.0 Å². The highest BCUT2D eigenvalue weighted by Crippen LogP contribution is 2.54. The van der Waals surface area contributed by atoms with Crippen LogP contribution in [0.15, 0.2) is 82.6 Å². The number of fused-ring (bicyclic) bond motifs is 2. The highest BCUT2D eigenvalue weighted by molar-refractivity contribution is 8.00. The first-order valence-corrected chi connectivity index (χ1v) is 16.5. The highest BCUT2D eigenvalue weighted by atomic mass is 32.2. The minimum Gasteiger partial charge on any atom is -0.462 e. The van der Waals surface area contributed by atoms with Crippen LogP contribution in [0.4, 0.5) is 17.1 Å². The van der Waals surface area contributed by atoms with Crippen LogP contribution in [0.3, 0.4) is 0 Å². The number of rotatable bonds is 8. The fourth-order valence-corrected chi connectivity index (χ4v) is 8.56. The van der Waals surface area contributed by atoms with Crippen LogP contribution in [0.5, 0.6) is 0 Å². The smallest absolute Gasteiger partial charge is 0.338 e. The number of nitrogens with zero attached hydrogens (tertiary/aromatic N) is 3. The van der Waals surface area contributed by atoms with Gasteiger partial charge in [0.15, 0.2) is 0 Å². The Bertz CT molecular complexity index is 1880. The van der Waals surface area contributed by atoms with E-state index in [0.29, 0.717) is 26.8 Å². The summed E-state index contributed by atoms with van der Waals surface area (Å²) in [5, 5.41) is 2.52. The minimum absolute atomic E-state index is 0.226. The number of benzene rings is 3. The van der Waals surface area contributed by atoms with Gasteiger partial charge >= 0.3 is 10.8 Å². The van der Waals surface area contributed by atoms with Crippen LogP contribution in [-0.4, -0.2) is 54.2 Å². The van der Waals surface area contributed by atoms with Crippen molar-refractivity contribution in [2.75, 3.05) is 35.8 Å². The van der Waals surface area contributed by atoms with Gasteiger partial charge in [-0.3, -0.25) is 23.7 Å². The molecule has 0 aliphatic carbocycles. The number of amides is 3. The number of carbonyl (C=O) groups excluding carboxylic acids is 4. The fraction of sp³-hybridized carbons (Fsp3) is 0.265. The van der Waals surface area contributed by atoms with E-state index in [1.165, 1.54) is 21.6 Å². The maximum atomic E-state index is 14.2. The van der Waals surface area contributed by atoms with Gasteiger partial charge in [-0.1, -0.05) is 52.9 Å². The van der Waals surface area contributed by atoms with Gasteiger partial charge in [0, 0.05) is 36.3 Å². The van der Waals surface area contributed by atoms with E-state index in [4.69, 9.17) is 4.74 Å². The molecular formula is C34H32N4O6S2. The predicted molar refractivity (Wildman–Crippen MR) is 179 cm³/mol. The van der Waals surface area contributed by atoms with Crippen molar-refractivity contribution in [1.82, 2.24) is 4.57 Å². The SMILES string of the molecule is CCOC(=O)c1ccc(N2C(=O)C3Sc4c(sc(=O)n4CC(=O)Nc4ccc(C)cc4)[C@H](c4ccc(N(C)C)cc4)C3C2=O)cc1. The van der Waals surface area contributed by atoms with Gasteiger partial charge in [-0.15, -0.1) is 0 Å². The summed E-state index contributed by atoms with van der Waals surface area (Å²) in [7, 11) is 3.86. The molecule has 236 valence electrons. The Morgan fingerprint density at radius 2 is 1.59 bits per heavy atom. The summed E-state index contributed by atoms with van der Waals surface area (Å²) >= 11 is 2.16. The molecule has 3 aromatic carbocycles. The van der Waals surface area contributed by atoms with Crippen LogP contribution in [0.2, 0.25) is 0 Å². The summed E-state index contributed by atoms with van der Waals surface area (Å²) in [5.74, 6) is -3.04. The maximum absolute atomic E-state index is 14.2. The van der Waals surface area contributed by atoms with E-state index in [1.807, 2.05) is 62.3 Å². The van der Waals surface area contributed by atoms with Crippen molar-refractivity contribution in [3.05, 3.63) is 104 Å². The van der Waals surface area contributed by atoms with Gasteiger partial charge < -0.3 is 15.0 Å². The van der Waals surface area contributed by atoms with Gasteiger partial charge in [-0.05, 0) is 67.9 Å². The molecule has 12 heteroatoms. The number of hydrogen-bond donors (Lipinski definition) is 1. The summed E-state index contributed by atoms with van der Waals surface area (Å²) in [4.78, 5) is 70.4. The molecule has 2 aliphatic rings. The molecule has 0 spiro atoms. The van der Waals surface area contributed by atoms with Crippen LogP contribution in [0, 0.1) is 12.8 Å². The predicted octanol–water partition coefficient (Wildman–Crippen LogP) is 4.90. The Labute approximate surface area is 274 Å². The molecule has 1 aromatic heterocycles. The van der Waals surface area contributed by atoms with Crippen LogP contribution in [0.1, 0.15) is 39.2 Å². The average molecular weight is 657 g/mol. The number of imide groups is 1.